The van der Waals surface area contributed by atoms with Gasteiger partial charge in [-0.1, -0.05) is 0 Å². The van der Waals surface area contributed by atoms with Crippen LogP contribution in [0.3, 0.4) is 0 Å². The molecule has 4 heteroatoms. The SMILES string of the molecule is CNCC(=O)N1CCCN(C2CC2)CC1. The van der Waals surface area contributed by atoms with Crippen LogP contribution >= 0.6 is 0 Å². The second kappa shape index (κ2) is 4.94. The molecule has 1 N–H and O–H groups in total. The third-order valence-corrected chi connectivity index (χ3v) is 3.27. The molecule has 1 heterocycles. The highest BCUT2D eigenvalue weighted by Crippen LogP contribution is 2.27. The van der Waals surface area contributed by atoms with Gasteiger partial charge in [-0.2, -0.15) is 0 Å². The zero-order valence-corrected chi connectivity index (χ0v) is 9.54. The van der Waals surface area contributed by atoms with E-state index in [2.05, 4.69) is 10.2 Å². The zero-order valence-electron chi connectivity index (χ0n) is 9.54. The van der Waals surface area contributed by atoms with Crippen LogP contribution in [0.1, 0.15) is 19.3 Å². The minimum Gasteiger partial charge on any atom is -0.340 e. The number of carbonyl (C=O) groups is 1. The van der Waals surface area contributed by atoms with E-state index in [1.807, 2.05) is 11.9 Å². The smallest absolute Gasteiger partial charge is 0.236 e. The lowest BCUT2D eigenvalue weighted by atomic mass is 10.3. The monoisotopic (exact) mass is 211 g/mol. The summed E-state index contributed by atoms with van der Waals surface area (Å²) in [6, 6.07) is 0.837. The number of hydrogen-bond donors (Lipinski definition) is 1. The molecule has 0 aromatic carbocycles. The van der Waals surface area contributed by atoms with E-state index in [0.29, 0.717) is 6.54 Å². The van der Waals surface area contributed by atoms with Crippen LogP contribution in [0.15, 0.2) is 0 Å². The topological polar surface area (TPSA) is 35.6 Å². The Morgan fingerprint density at radius 2 is 2.07 bits per heavy atom. The van der Waals surface area contributed by atoms with E-state index in [0.717, 1.165) is 32.1 Å². The predicted octanol–water partition coefficient (Wildman–Crippen LogP) is -0.0975. The van der Waals surface area contributed by atoms with E-state index in [1.54, 1.807) is 0 Å². The van der Waals surface area contributed by atoms with Crippen molar-refractivity contribution >= 4 is 5.91 Å². The van der Waals surface area contributed by atoms with E-state index in [9.17, 15) is 4.79 Å². The van der Waals surface area contributed by atoms with E-state index < -0.39 is 0 Å². The molecule has 1 amide bonds. The average molecular weight is 211 g/mol. The van der Waals surface area contributed by atoms with Crippen LogP contribution in [0.25, 0.3) is 0 Å². The molecule has 1 saturated carbocycles. The summed E-state index contributed by atoms with van der Waals surface area (Å²) in [6.07, 6.45) is 3.86. The lowest BCUT2D eigenvalue weighted by molar-refractivity contribution is -0.130. The van der Waals surface area contributed by atoms with Crippen molar-refractivity contribution < 1.29 is 4.79 Å². The lowest BCUT2D eigenvalue weighted by Crippen LogP contribution is -2.39. The summed E-state index contributed by atoms with van der Waals surface area (Å²) in [5.41, 5.74) is 0. The highest BCUT2D eigenvalue weighted by molar-refractivity contribution is 5.78. The summed E-state index contributed by atoms with van der Waals surface area (Å²) in [7, 11) is 1.83. The second-order valence-corrected chi connectivity index (χ2v) is 4.53. The van der Waals surface area contributed by atoms with Crippen molar-refractivity contribution in [2.24, 2.45) is 0 Å². The molecule has 15 heavy (non-hydrogen) atoms. The van der Waals surface area contributed by atoms with Crippen molar-refractivity contribution in [1.82, 2.24) is 15.1 Å². The molecular weight excluding hydrogens is 190 g/mol. The molecule has 0 radical (unpaired) electrons. The maximum atomic E-state index is 11.7. The standard InChI is InChI=1S/C11H21N3O/c1-12-9-11(15)14-6-2-5-13(7-8-14)10-3-4-10/h10,12H,2-9H2,1H3. The van der Waals surface area contributed by atoms with E-state index >= 15 is 0 Å². The van der Waals surface area contributed by atoms with E-state index in [-0.39, 0.29) is 5.91 Å². The largest absolute Gasteiger partial charge is 0.340 e. The van der Waals surface area contributed by atoms with Gasteiger partial charge < -0.3 is 10.2 Å². The zero-order chi connectivity index (χ0) is 10.7. The molecule has 1 aliphatic carbocycles. The van der Waals surface area contributed by atoms with Crippen molar-refractivity contribution in [2.75, 3.05) is 39.8 Å². The number of nitrogens with zero attached hydrogens (tertiary/aromatic N) is 2. The average Bonchev–Trinajstić information content (AvgIpc) is 3.04. The molecule has 2 rings (SSSR count). The van der Waals surface area contributed by atoms with E-state index in [4.69, 9.17) is 0 Å². The van der Waals surface area contributed by atoms with Gasteiger partial charge in [0.2, 0.25) is 5.91 Å². The summed E-state index contributed by atoms with van der Waals surface area (Å²) in [6.45, 7) is 4.57. The summed E-state index contributed by atoms with van der Waals surface area (Å²) >= 11 is 0. The minimum absolute atomic E-state index is 0.246. The first kappa shape index (κ1) is 10.9. The van der Waals surface area contributed by atoms with Crippen LogP contribution < -0.4 is 5.32 Å². The fourth-order valence-corrected chi connectivity index (χ4v) is 2.25. The molecule has 86 valence electrons. The Morgan fingerprint density at radius 1 is 1.27 bits per heavy atom. The summed E-state index contributed by atoms with van der Waals surface area (Å²) in [5, 5.41) is 2.93. The van der Waals surface area contributed by atoms with Crippen molar-refractivity contribution in [1.29, 1.82) is 0 Å². The number of nitrogens with one attached hydrogen (secondary N) is 1. The molecular formula is C11H21N3O. The van der Waals surface area contributed by atoms with Crippen LogP contribution in [-0.4, -0.2) is 61.5 Å². The lowest BCUT2D eigenvalue weighted by Gasteiger charge is -2.21. The van der Waals surface area contributed by atoms with Gasteiger partial charge in [-0.15, -0.1) is 0 Å². The normalized spacial score (nSPS) is 23.9. The molecule has 0 bridgehead atoms. The van der Waals surface area contributed by atoms with E-state index in [1.165, 1.54) is 19.4 Å². The maximum absolute atomic E-state index is 11.7. The van der Waals surface area contributed by atoms with Crippen molar-refractivity contribution in [3.63, 3.8) is 0 Å². The molecule has 0 aromatic rings. The first-order chi connectivity index (χ1) is 7.31. The molecule has 4 nitrogen and oxygen atoms in total. The van der Waals surface area contributed by atoms with Gasteiger partial charge in [0.25, 0.3) is 0 Å². The van der Waals surface area contributed by atoms with Crippen LogP contribution in [0.5, 0.6) is 0 Å². The van der Waals surface area contributed by atoms with Gasteiger partial charge in [0, 0.05) is 32.2 Å². The minimum atomic E-state index is 0.246. The Bertz CT molecular complexity index is 228. The fraction of sp³-hybridized carbons (Fsp3) is 0.909. The van der Waals surface area contributed by atoms with Gasteiger partial charge in [-0.05, 0) is 26.3 Å². The number of hydrogen-bond acceptors (Lipinski definition) is 3. The third kappa shape index (κ3) is 2.92. The van der Waals surface area contributed by atoms with Crippen LogP contribution in [-0.2, 0) is 4.79 Å². The Labute approximate surface area is 91.6 Å². The van der Waals surface area contributed by atoms with Gasteiger partial charge in [0.15, 0.2) is 0 Å². The maximum Gasteiger partial charge on any atom is 0.236 e. The second-order valence-electron chi connectivity index (χ2n) is 4.53. The van der Waals surface area contributed by atoms with Crippen LogP contribution in [0, 0.1) is 0 Å². The quantitative estimate of drug-likeness (QED) is 0.708. The Morgan fingerprint density at radius 3 is 2.73 bits per heavy atom. The van der Waals surface area contributed by atoms with Crippen LogP contribution in [0.4, 0.5) is 0 Å². The van der Waals surface area contributed by atoms with Gasteiger partial charge >= 0.3 is 0 Å². The molecule has 2 fully saturated rings. The van der Waals surface area contributed by atoms with Crippen molar-refractivity contribution in [3.05, 3.63) is 0 Å². The molecule has 0 atom stereocenters. The molecule has 1 saturated heterocycles. The van der Waals surface area contributed by atoms with Gasteiger partial charge in [0.1, 0.15) is 0 Å². The molecule has 2 aliphatic rings. The number of likely N-dealkylation sites (N-methyl/N-ethyl adjacent to an activating group) is 1. The molecule has 1 aliphatic heterocycles. The van der Waals surface area contributed by atoms with Crippen LogP contribution in [0.2, 0.25) is 0 Å². The van der Waals surface area contributed by atoms with Gasteiger partial charge in [-0.25, -0.2) is 0 Å². The fourth-order valence-electron chi connectivity index (χ4n) is 2.25. The summed E-state index contributed by atoms with van der Waals surface area (Å²) in [5.74, 6) is 0.246. The Hall–Kier alpha value is -0.610. The number of carbonyl (C=O) groups excluding carboxylic acids is 1. The Kier molecular flexibility index (Phi) is 3.59. The summed E-state index contributed by atoms with van der Waals surface area (Å²) in [4.78, 5) is 16.2. The Balaban J connectivity index is 1.80. The molecule has 0 spiro atoms. The van der Waals surface area contributed by atoms with Gasteiger partial charge in [-0.3, -0.25) is 9.69 Å². The first-order valence-electron chi connectivity index (χ1n) is 5.97. The van der Waals surface area contributed by atoms with Crippen molar-refractivity contribution in [3.8, 4) is 0 Å². The first-order valence-corrected chi connectivity index (χ1v) is 5.97. The predicted molar refractivity (Wildman–Crippen MR) is 59.7 cm³/mol. The number of amides is 1. The molecule has 0 unspecified atom stereocenters. The number of rotatable bonds is 3. The molecule has 0 aromatic heterocycles. The summed E-state index contributed by atoms with van der Waals surface area (Å²) < 4.78 is 0. The highest BCUT2D eigenvalue weighted by atomic mass is 16.2. The third-order valence-electron chi connectivity index (χ3n) is 3.27. The van der Waals surface area contributed by atoms with Gasteiger partial charge in [0.05, 0.1) is 6.54 Å². The van der Waals surface area contributed by atoms with Crippen molar-refractivity contribution in [2.45, 2.75) is 25.3 Å². The highest BCUT2D eigenvalue weighted by Gasteiger charge is 2.30.